The zero-order valence-corrected chi connectivity index (χ0v) is 12.1. The molecule has 0 saturated carbocycles. The molecule has 4 nitrogen and oxygen atoms in total. The minimum absolute atomic E-state index is 0.646. The molecule has 1 aliphatic heterocycles. The van der Waals surface area contributed by atoms with Gasteiger partial charge in [-0.2, -0.15) is 0 Å². The lowest BCUT2D eigenvalue weighted by molar-refractivity contribution is -0.914. The SMILES string of the molecule is C[N+]1(CCCCc2ncc(N)cc2N)CCCCC1. The second-order valence-corrected chi connectivity index (χ2v) is 6.11. The third-order valence-electron chi connectivity index (χ3n) is 4.28. The Morgan fingerprint density at radius 2 is 1.89 bits per heavy atom. The van der Waals surface area contributed by atoms with Crippen LogP contribution in [0.25, 0.3) is 0 Å². The van der Waals surface area contributed by atoms with Crippen molar-refractivity contribution in [1.29, 1.82) is 0 Å². The van der Waals surface area contributed by atoms with Gasteiger partial charge in [-0.25, -0.2) is 0 Å². The van der Waals surface area contributed by atoms with Crippen molar-refractivity contribution in [3.8, 4) is 0 Å². The number of likely N-dealkylation sites (tertiary alicyclic amines) is 1. The van der Waals surface area contributed by atoms with Gasteiger partial charge in [0.25, 0.3) is 0 Å². The summed E-state index contributed by atoms with van der Waals surface area (Å²) >= 11 is 0. The predicted octanol–water partition coefficient (Wildman–Crippen LogP) is 2.20. The Labute approximate surface area is 116 Å². The van der Waals surface area contributed by atoms with Crippen LogP contribution in [-0.2, 0) is 6.42 Å². The molecule has 0 unspecified atom stereocenters. The Morgan fingerprint density at radius 3 is 2.58 bits per heavy atom. The summed E-state index contributed by atoms with van der Waals surface area (Å²) < 4.78 is 1.25. The number of unbranched alkanes of at least 4 members (excludes halogenated alkanes) is 1. The van der Waals surface area contributed by atoms with E-state index in [4.69, 9.17) is 11.5 Å². The summed E-state index contributed by atoms with van der Waals surface area (Å²) in [5, 5.41) is 0. The van der Waals surface area contributed by atoms with Crippen LogP contribution in [0.2, 0.25) is 0 Å². The molecule has 106 valence electrons. The van der Waals surface area contributed by atoms with Crippen LogP contribution in [0.15, 0.2) is 12.3 Å². The van der Waals surface area contributed by atoms with E-state index in [-0.39, 0.29) is 0 Å². The fourth-order valence-corrected chi connectivity index (χ4v) is 3.02. The lowest BCUT2D eigenvalue weighted by Gasteiger charge is -2.37. The molecular formula is C15H27N4+. The normalized spacial score (nSPS) is 18.4. The average Bonchev–Trinajstić information content (AvgIpc) is 2.37. The number of aryl methyl sites for hydroxylation is 1. The van der Waals surface area contributed by atoms with Crippen LogP contribution in [0, 0.1) is 0 Å². The summed E-state index contributed by atoms with van der Waals surface area (Å²) in [4.78, 5) is 4.32. The Morgan fingerprint density at radius 1 is 1.16 bits per heavy atom. The van der Waals surface area contributed by atoms with E-state index >= 15 is 0 Å². The molecule has 0 aromatic carbocycles. The van der Waals surface area contributed by atoms with E-state index < -0.39 is 0 Å². The molecule has 0 aliphatic carbocycles. The largest absolute Gasteiger partial charge is 0.397 e. The van der Waals surface area contributed by atoms with Crippen molar-refractivity contribution in [3.05, 3.63) is 18.0 Å². The highest BCUT2D eigenvalue weighted by Crippen LogP contribution is 2.19. The molecule has 0 amide bonds. The standard InChI is InChI=1S/C15H27N4/c1-19(8-4-2-5-9-19)10-6-3-7-15-14(17)11-13(16)12-18-15/h11-12H,2-10,16-17H2,1H3/q+1. The molecule has 0 bridgehead atoms. The number of nitrogens with zero attached hydrogens (tertiary/aromatic N) is 2. The molecule has 1 fully saturated rings. The third-order valence-corrected chi connectivity index (χ3v) is 4.28. The molecule has 2 rings (SSSR count). The molecule has 1 aliphatic rings. The summed E-state index contributed by atoms with van der Waals surface area (Å²) in [6.07, 6.45) is 9.28. The summed E-state index contributed by atoms with van der Waals surface area (Å²) in [5.41, 5.74) is 14.0. The van der Waals surface area contributed by atoms with Gasteiger partial charge in [-0.3, -0.25) is 4.98 Å². The maximum atomic E-state index is 5.93. The monoisotopic (exact) mass is 263 g/mol. The van der Waals surface area contributed by atoms with Crippen LogP contribution in [0.4, 0.5) is 11.4 Å². The summed E-state index contributed by atoms with van der Waals surface area (Å²) in [5.74, 6) is 0. The van der Waals surface area contributed by atoms with E-state index in [1.54, 1.807) is 12.3 Å². The van der Waals surface area contributed by atoms with Gasteiger partial charge in [0.1, 0.15) is 0 Å². The van der Waals surface area contributed by atoms with Gasteiger partial charge in [0.15, 0.2) is 0 Å². The van der Waals surface area contributed by atoms with E-state index in [9.17, 15) is 0 Å². The van der Waals surface area contributed by atoms with E-state index in [1.807, 2.05) is 0 Å². The second kappa shape index (κ2) is 6.24. The zero-order valence-electron chi connectivity index (χ0n) is 12.1. The zero-order chi connectivity index (χ0) is 13.7. The molecule has 4 heteroatoms. The van der Waals surface area contributed by atoms with E-state index in [0.29, 0.717) is 5.69 Å². The van der Waals surface area contributed by atoms with Crippen molar-refractivity contribution >= 4 is 11.4 Å². The van der Waals surface area contributed by atoms with E-state index in [1.165, 1.54) is 49.8 Å². The maximum Gasteiger partial charge on any atom is 0.0784 e. The number of hydrogen-bond donors (Lipinski definition) is 2. The minimum Gasteiger partial charge on any atom is -0.397 e. The van der Waals surface area contributed by atoms with Gasteiger partial charge < -0.3 is 16.0 Å². The first-order valence-electron chi connectivity index (χ1n) is 7.42. The lowest BCUT2D eigenvalue weighted by Crippen LogP contribution is -2.48. The van der Waals surface area contributed by atoms with Crippen molar-refractivity contribution in [2.24, 2.45) is 0 Å². The van der Waals surface area contributed by atoms with Gasteiger partial charge in [0, 0.05) is 0 Å². The number of nitrogen functional groups attached to an aromatic ring is 2. The Kier molecular flexibility index (Phi) is 4.64. The van der Waals surface area contributed by atoms with Gasteiger partial charge in [-0.1, -0.05) is 0 Å². The molecule has 0 radical (unpaired) electrons. The van der Waals surface area contributed by atoms with Gasteiger partial charge in [0.2, 0.25) is 0 Å². The number of rotatable bonds is 5. The summed E-state index contributed by atoms with van der Waals surface area (Å²) in [6, 6.07) is 1.81. The average molecular weight is 263 g/mol. The topological polar surface area (TPSA) is 64.9 Å². The molecule has 0 spiro atoms. The van der Waals surface area contributed by atoms with Crippen molar-refractivity contribution in [1.82, 2.24) is 4.98 Å². The number of piperidine rings is 1. The van der Waals surface area contributed by atoms with Crippen molar-refractivity contribution < 1.29 is 4.48 Å². The highest BCUT2D eigenvalue weighted by Gasteiger charge is 2.23. The maximum absolute atomic E-state index is 5.93. The Hall–Kier alpha value is -1.29. The van der Waals surface area contributed by atoms with Crippen LogP contribution in [0.3, 0.4) is 0 Å². The van der Waals surface area contributed by atoms with Crippen LogP contribution in [0.5, 0.6) is 0 Å². The summed E-state index contributed by atoms with van der Waals surface area (Å²) in [6.45, 7) is 3.99. The fraction of sp³-hybridized carbons (Fsp3) is 0.667. The molecule has 19 heavy (non-hydrogen) atoms. The molecule has 1 saturated heterocycles. The smallest absolute Gasteiger partial charge is 0.0784 e. The van der Waals surface area contributed by atoms with Gasteiger partial charge in [-0.15, -0.1) is 0 Å². The highest BCUT2D eigenvalue weighted by atomic mass is 15.3. The number of aromatic nitrogens is 1. The van der Waals surface area contributed by atoms with Crippen molar-refractivity contribution in [2.75, 3.05) is 38.1 Å². The number of hydrogen-bond acceptors (Lipinski definition) is 3. The van der Waals surface area contributed by atoms with Gasteiger partial charge in [-0.05, 0) is 44.6 Å². The third kappa shape index (κ3) is 4.10. The molecule has 4 N–H and O–H groups in total. The molecule has 1 aromatic rings. The highest BCUT2D eigenvalue weighted by molar-refractivity contribution is 5.52. The first kappa shape index (κ1) is 14.1. The van der Waals surface area contributed by atoms with Crippen molar-refractivity contribution in [3.63, 3.8) is 0 Å². The second-order valence-electron chi connectivity index (χ2n) is 6.11. The minimum atomic E-state index is 0.646. The number of anilines is 2. The van der Waals surface area contributed by atoms with Gasteiger partial charge in [0.05, 0.1) is 49.9 Å². The number of quaternary nitrogens is 1. The van der Waals surface area contributed by atoms with Crippen LogP contribution in [0.1, 0.15) is 37.8 Å². The van der Waals surface area contributed by atoms with Crippen LogP contribution in [-0.4, -0.2) is 36.1 Å². The quantitative estimate of drug-likeness (QED) is 0.632. The first-order valence-corrected chi connectivity index (χ1v) is 7.42. The van der Waals surface area contributed by atoms with E-state index in [0.717, 1.165) is 24.2 Å². The van der Waals surface area contributed by atoms with Crippen LogP contribution >= 0.6 is 0 Å². The molecule has 1 aromatic heterocycles. The lowest BCUT2D eigenvalue weighted by atomic mass is 10.1. The van der Waals surface area contributed by atoms with E-state index in [2.05, 4.69) is 12.0 Å². The van der Waals surface area contributed by atoms with Crippen LogP contribution < -0.4 is 11.5 Å². The fourth-order valence-electron chi connectivity index (χ4n) is 3.02. The van der Waals surface area contributed by atoms with Crippen molar-refractivity contribution in [2.45, 2.75) is 38.5 Å². The molecule has 2 heterocycles. The Bertz CT molecular complexity index is 411. The number of pyridine rings is 1. The molecular weight excluding hydrogens is 236 g/mol. The first-order chi connectivity index (χ1) is 9.09. The predicted molar refractivity (Wildman–Crippen MR) is 80.6 cm³/mol. The Balaban J connectivity index is 1.74. The van der Waals surface area contributed by atoms with Gasteiger partial charge >= 0.3 is 0 Å². The molecule has 0 atom stereocenters. The summed E-state index contributed by atoms with van der Waals surface area (Å²) in [7, 11) is 2.40. The number of nitrogens with two attached hydrogens (primary N) is 2.